The van der Waals surface area contributed by atoms with Crippen LogP contribution < -0.4 is 5.32 Å². The Labute approximate surface area is 102 Å². The van der Waals surface area contributed by atoms with Crippen LogP contribution in [0.4, 0.5) is 4.39 Å². The number of rotatable bonds is 3. The van der Waals surface area contributed by atoms with Crippen LogP contribution in [0.3, 0.4) is 0 Å². The highest BCUT2D eigenvalue weighted by Crippen LogP contribution is 2.26. The fourth-order valence-corrected chi connectivity index (χ4v) is 2.38. The second-order valence-corrected chi connectivity index (χ2v) is 4.86. The fraction of sp³-hybridized carbons (Fsp3) is 0.571. The Kier molecular flexibility index (Phi) is 4.00. The van der Waals surface area contributed by atoms with E-state index in [-0.39, 0.29) is 5.75 Å². The zero-order valence-corrected chi connectivity index (χ0v) is 10.2. The SMILES string of the molecule is CC(F)c1ccc(O)c(CC2CCCCN2)c1. The molecule has 0 saturated carbocycles. The van der Waals surface area contributed by atoms with E-state index in [1.807, 2.05) is 0 Å². The van der Waals surface area contributed by atoms with Crippen molar-refractivity contribution in [3.05, 3.63) is 29.3 Å². The van der Waals surface area contributed by atoms with Crippen LogP contribution in [0.15, 0.2) is 18.2 Å². The van der Waals surface area contributed by atoms with Crippen LogP contribution in [0, 0.1) is 0 Å². The standard InChI is InChI=1S/C14H20FNO/c1-10(15)11-5-6-14(17)12(8-11)9-13-4-2-3-7-16-13/h5-6,8,10,13,16-17H,2-4,7,9H2,1H3. The Morgan fingerprint density at radius 1 is 1.47 bits per heavy atom. The maximum Gasteiger partial charge on any atom is 0.122 e. The van der Waals surface area contributed by atoms with E-state index in [4.69, 9.17) is 0 Å². The maximum atomic E-state index is 13.2. The lowest BCUT2D eigenvalue weighted by molar-refractivity contribution is 0.371. The zero-order valence-electron chi connectivity index (χ0n) is 10.2. The van der Waals surface area contributed by atoms with Gasteiger partial charge in [0, 0.05) is 6.04 Å². The molecule has 94 valence electrons. The summed E-state index contributed by atoms with van der Waals surface area (Å²) in [6, 6.07) is 5.46. The van der Waals surface area contributed by atoms with Crippen molar-refractivity contribution in [3.63, 3.8) is 0 Å². The molecule has 0 bridgehead atoms. The molecule has 3 heteroatoms. The lowest BCUT2D eigenvalue weighted by Crippen LogP contribution is -2.35. The van der Waals surface area contributed by atoms with E-state index in [0.29, 0.717) is 11.6 Å². The van der Waals surface area contributed by atoms with Gasteiger partial charge in [0.2, 0.25) is 0 Å². The van der Waals surface area contributed by atoms with Crippen LogP contribution in [0.25, 0.3) is 0 Å². The fourth-order valence-electron chi connectivity index (χ4n) is 2.38. The van der Waals surface area contributed by atoms with Gasteiger partial charge in [-0.1, -0.05) is 12.5 Å². The molecule has 1 heterocycles. The first kappa shape index (κ1) is 12.4. The Hall–Kier alpha value is -1.09. The highest BCUT2D eigenvalue weighted by molar-refractivity contribution is 5.37. The van der Waals surface area contributed by atoms with Crippen LogP contribution in [0.1, 0.15) is 43.5 Å². The minimum atomic E-state index is -0.978. The van der Waals surface area contributed by atoms with Crippen molar-refractivity contribution in [1.29, 1.82) is 0 Å². The first-order valence-corrected chi connectivity index (χ1v) is 6.36. The zero-order chi connectivity index (χ0) is 12.3. The summed E-state index contributed by atoms with van der Waals surface area (Å²) < 4.78 is 13.2. The number of phenols is 1. The monoisotopic (exact) mass is 237 g/mol. The Bertz CT molecular complexity index is 372. The molecule has 1 aromatic carbocycles. The van der Waals surface area contributed by atoms with E-state index in [1.54, 1.807) is 18.2 Å². The van der Waals surface area contributed by atoms with Gasteiger partial charge in [-0.15, -0.1) is 0 Å². The molecule has 1 saturated heterocycles. The number of piperidine rings is 1. The number of hydrogen-bond donors (Lipinski definition) is 2. The van der Waals surface area contributed by atoms with Crippen molar-refractivity contribution >= 4 is 0 Å². The van der Waals surface area contributed by atoms with Crippen molar-refractivity contribution < 1.29 is 9.50 Å². The number of nitrogens with one attached hydrogen (secondary N) is 1. The van der Waals surface area contributed by atoms with Crippen LogP contribution in [0.2, 0.25) is 0 Å². The molecule has 2 atom stereocenters. The minimum Gasteiger partial charge on any atom is -0.508 e. The summed E-state index contributed by atoms with van der Waals surface area (Å²) in [6.07, 6.45) is 3.40. The summed E-state index contributed by atoms with van der Waals surface area (Å²) in [5.41, 5.74) is 1.50. The van der Waals surface area contributed by atoms with Crippen molar-refractivity contribution in [2.45, 2.75) is 44.8 Å². The first-order valence-electron chi connectivity index (χ1n) is 6.36. The second kappa shape index (κ2) is 5.50. The molecule has 0 amide bonds. The summed E-state index contributed by atoms with van der Waals surface area (Å²) in [6.45, 7) is 2.57. The van der Waals surface area contributed by atoms with E-state index in [0.717, 1.165) is 24.9 Å². The Balaban J connectivity index is 2.10. The van der Waals surface area contributed by atoms with Crippen LogP contribution in [-0.2, 0) is 6.42 Å². The molecule has 0 aromatic heterocycles. The molecular weight excluding hydrogens is 217 g/mol. The van der Waals surface area contributed by atoms with E-state index < -0.39 is 6.17 Å². The van der Waals surface area contributed by atoms with Gasteiger partial charge in [0.15, 0.2) is 0 Å². The highest BCUT2D eigenvalue weighted by atomic mass is 19.1. The molecule has 17 heavy (non-hydrogen) atoms. The number of halogens is 1. The smallest absolute Gasteiger partial charge is 0.122 e. The van der Waals surface area contributed by atoms with Gasteiger partial charge >= 0.3 is 0 Å². The summed E-state index contributed by atoms with van der Waals surface area (Å²) in [5, 5.41) is 13.2. The summed E-state index contributed by atoms with van der Waals surface area (Å²) in [4.78, 5) is 0. The lowest BCUT2D eigenvalue weighted by Gasteiger charge is -2.24. The average Bonchev–Trinajstić information content (AvgIpc) is 2.33. The van der Waals surface area contributed by atoms with Gasteiger partial charge in [-0.05, 0) is 56.0 Å². The third-order valence-corrected chi connectivity index (χ3v) is 3.44. The molecule has 1 fully saturated rings. The predicted molar refractivity (Wildman–Crippen MR) is 67.0 cm³/mol. The summed E-state index contributed by atoms with van der Waals surface area (Å²) >= 11 is 0. The van der Waals surface area contributed by atoms with Crippen molar-refractivity contribution in [3.8, 4) is 5.75 Å². The number of hydrogen-bond acceptors (Lipinski definition) is 2. The number of alkyl halides is 1. The molecule has 2 unspecified atom stereocenters. The van der Waals surface area contributed by atoms with E-state index >= 15 is 0 Å². The largest absolute Gasteiger partial charge is 0.508 e. The number of benzene rings is 1. The van der Waals surface area contributed by atoms with E-state index in [1.165, 1.54) is 19.8 Å². The second-order valence-electron chi connectivity index (χ2n) is 4.86. The van der Waals surface area contributed by atoms with E-state index in [2.05, 4.69) is 5.32 Å². The van der Waals surface area contributed by atoms with Gasteiger partial charge in [0.25, 0.3) is 0 Å². The molecular formula is C14H20FNO. The Morgan fingerprint density at radius 3 is 2.94 bits per heavy atom. The van der Waals surface area contributed by atoms with Gasteiger partial charge in [-0.2, -0.15) is 0 Å². The van der Waals surface area contributed by atoms with Crippen molar-refractivity contribution in [2.75, 3.05) is 6.54 Å². The number of phenolic OH excluding ortho intramolecular Hbond substituents is 1. The van der Waals surface area contributed by atoms with Crippen molar-refractivity contribution in [2.24, 2.45) is 0 Å². The number of aromatic hydroxyl groups is 1. The normalized spacial score (nSPS) is 22.4. The van der Waals surface area contributed by atoms with Gasteiger partial charge in [0.05, 0.1) is 0 Å². The third-order valence-electron chi connectivity index (χ3n) is 3.44. The quantitative estimate of drug-likeness (QED) is 0.846. The van der Waals surface area contributed by atoms with E-state index in [9.17, 15) is 9.50 Å². The van der Waals surface area contributed by atoms with Gasteiger partial charge in [-0.25, -0.2) is 4.39 Å². The first-order chi connectivity index (χ1) is 8.16. The third kappa shape index (κ3) is 3.19. The molecule has 2 nitrogen and oxygen atoms in total. The predicted octanol–water partition coefficient (Wildman–Crippen LogP) is 3.11. The molecule has 2 rings (SSSR count). The van der Waals surface area contributed by atoms with Crippen molar-refractivity contribution in [1.82, 2.24) is 5.32 Å². The van der Waals surface area contributed by atoms with Gasteiger partial charge in [0.1, 0.15) is 11.9 Å². The molecule has 0 radical (unpaired) electrons. The molecule has 2 N–H and O–H groups in total. The molecule has 1 aromatic rings. The Morgan fingerprint density at radius 2 is 2.29 bits per heavy atom. The topological polar surface area (TPSA) is 32.3 Å². The van der Waals surface area contributed by atoms with Crippen LogP contribution in [0.5, 0.6) is 5.75 Å². The summed E-state index contributed by atoms with van der Waals surface area (Å²) in [5.74, 6) is 0.279. The molecule has 0 aliphatic carbocycles. The lowest BCUT2D eigenvalue weighted by atomic mass is 9.95. The summed E-state index contributed by atoms with van der Waals surface area (Å²) in [7, 11) is 0. The maximum absolute atomic E-state index is 13.2. The van der Waals surface area contributed by atoms with Crippen LogP contribution >= 0.6 is 0 Å². The minimum absolute atomic E-state index is 0.279. The van der Waals surface area contributed by atoms with Crippen LogP contribution in [-0.4, -0.2) is 17.7 Å². The van der Waals surface area contributed by atoms with Gasteiger partial charge in [-0.3, -0.25) is 0 Å². The molecule has 1 aliphatic heterocycles. The van der Waals surface area contributed by atoms with Gasteiger partial charge < -0.3 is 10.4 Å². The molecule has 0 spiro atoms. The average molecular weight is 237 g/mol. The highest BCUT2D eigenvalue weighted by Gasteiger charge is 2.16. The molecule has 1 aliphatic rings.